The van der Waals surface area contributed by atoms with Crippen LogP contribution >= 0.6 is 0 Å². The minimum Gasteiger partial charge on any atom is -0.468 e. The predicted octanol–water partition coefficient (Wildman–Crippen LogP) is 2.54. The number of likely N-dealkylation sites (tertiary alicyclic amines) is 1. The summed E-state index contributed by atoms with van der Waals surface area (Å²) < 4.78 is 5.50. The van der Waals surface area contributed by atoms with Gasteiger partial charge in [0.15, 0.2) is 0 Å². The van der Waals surface area contributed by atoms with Crippen LogP contribution < -0.4 is 5.73 Å². The highest BCUT2D eigenvalue weighted by molar-refractivity contribution is 5.04. The minimum absolute atomic E-state index is 0.381. The van der Waals surface area contributed by atoms with Crippen molar-refractivity contribution in [3.63, 3.8) is 0 Å². The molecule has 0 radical (unpaired) electrons. The predicted molar refractivity (Wildman–Crippen MR) is 65.1 cm³/mol. The van der Waals surface area contributed by atoms with Crippen molar-refractivity contribution < 1.29 is 4.42 Å². The second-order valence-electron chi connectivity index (χ2n) is 4.66. The zero-order valence-corrected chi connectivity index (χ0v) is 10.1. The van der Waals surface area contributed by atoms with Gasteiger partial charge in [-0.25, -0.2) is 0 Å². The van der Waals surface area contributed by atoms with Crippen LogP contribution in [0.5, 0.6) is 0 Å². The van der Waals surface area contributed by atoms with E-state index in [4.69, 9.17) is 10.2 Å². The van der Waals surface area contributed by atoms with Crippen LogP contribution in [-0.2, 0) is 0 Å². The van der Waals surface area contributed by atoms with Crippen molar-refractivity contribution in [1.29, 1.82) is 0 Å². The average molecular weight is 222 g/mol. The highest BCUT2D eigenvalue weighted by Gasteiger charge is 2.27. The van der Waals surface area contributed by atoms with Gasteiger partial charge in [-0.1, -0.05) is 6.42 Å². The summed E-state index contributed by atoms with van der Waals surface area (Å²) in [6.45, 7) is 4.19. The van der Waals surface area contributed by atoms with Gasteiger partial charge in [0.1, 0.15) is 5.76 Å². The molecule has 0 saturated carbocycles. The highest BCUT2D eigenvalue weighted by Crippen LogP contribution is 2.29. The second kappa shape index (κ2) is 5.51. The van der Waals surface area contributed by atoms with E-state index in [1.54, 1.807) is 6.26 Å². The fraction of sp³-hybridized carbons (Fsp3) is 0.692. The van der Waals surface area contributed by atoms with Crippen molar-refractivity contribution >= 4 is 0 Å². The van der Waals surface area contributed by atoms with Crippen molar-refractivity contribution in [3.05, 3.63) is 24.2 Å². The molecule has 0 aliphatic carbocycles. The Balaban J connectivity index is 2.04. The van der Waals surface area contributed by atoms with E-state index in [9.17, 15) is 0 Å². The van der Waals surface area contributed by atoms with Gasteiger partial charge < -0.3 is 10.2 Å². The molecule has 3 heteroatoms. The molecule has 1 fully saturated rings. The smallest absolute Gasteiger partial charge is 0.120 e. The lowest BCUT2D eigenvalue weighted by molar-refractivity contribution is 0.0871. The van der Waals surface area contributed by atoms with Gasteiger partial charge in [-0.15, -0.1) is 0 Å². The molecule has 1 aliphatic heterocycles. The third-order valence-corrected chi connectivity index (χ3v) is 3.62. The van der Waals surface area contributed by atoms with Gasteiger partial charge in [-0.2, -0.15) is 0 Å². The lowest BCUT2D eigenvalue weighted by Gasteiger charge is -2.39. The zero-order valence-electron chi connectivity index (χ0n) is 10.1. The van der Waals surface area contributed by atoms with E-state index in [1.165, 1.54) is 25.8 Å². The van der Waals surface area contributed by atoms with E-state index in [1.807, 2.05) is 6.07 Å². The molecule has 2 unspecified atom stereocenters. The Bertz CT molecular complexity index is 295. The normalized spacial score (nSPS) is 24.5. The van der Waals surface area contributed by atoms with Crippen molar-refractivity contribution in [2.24, 2.45) is 5.73 Å². The van der Waals surface area contributed by atoms with Crippen LogP contribution in [0.25, 0.3) is 0 Å². The van der Waals surface area contributed by atoms with Gasteiger partial charge in [-0.3, -0.25) is 4.90 Å². The molecule has 1 aliphatic rings. The second-order valence-corrected chi connectivity index (χ2v) is 4.66. The standard InChI is InChI=1S/C13H22N2O/c1-11(13-6-4-10-16-13)15-9-3-2-5-12(15)7-8-14/h4,6,10-12H,2-3,5,7-9,14H2,1H3. The Morgan fingerprint density at radius 1 is 1.56 bits per heavy atom. The lowest BCUT2D eigenvalue weighted by atomic mass is 9.97. The Hall–Kier alpha value is -0.800. The zero-order chi connectivity index (χ0) is 11.4. The maximum absolute atomic E-state index is 5.69. The van der Waals surface area contributed by atoms with Crippen molar-refractivity contribution in [2.45, 2.75) is 44.7 Å². The summed E-state index contributed by atoms with van der Waals surface area (Å²) >= 11 is 0. The quantitative estimate of drug-likeness (QED) is 0.851. The van der Waals surface area contributed by atoms with Crippen LogP contribution in [0.1, 0.15) is 44.4 Å². The van der Waals surface area contributed by atoms with E-state index >= 15 is 0 Å². The van der Waals surface area contributed by atoms with Gasteiger partial charge in [0.2, 0.25) is 0 Å². The molecule has 1 aromatic rings. The summed E-state index contributed by atoms with van der Waals surface area (Å²) in [4.78, 5) is 2.55. The molecule has 90 valence electrons. The lowest BCUT2D eigenvalue weighted by Crippen LogP contribution is -2.42. The average Bonchev–Trinajstić information content (AvgIpc) is 2.83. The minimum atomic E-state index is 0.381. The first kappa shape index (κ1) is 11.7. The fourth-order valence-corrected chi connectivity index (χ4v) is 2.73. The van der Waals surface area contributed by atoms with E-state index in [-0.39, 0.29) is 0 Å². The Morgan fingerprint density at radius 3 is 3.12 bits per heavy atom. The van der Waals surface area contributed by atoms with Crippen molar-refractivity contribution in [1.82, 2.24) is 4.90 Å². The first-order valence-electron chi connectivity index (χ1n) is 6.32. The molecule has 2 atom stereocenters. The van der Waals surface area contributed by atoms with Crippen molar-refractivity contribution in [3.8, 4) is 0 Å². The summed E-state index contributed by atoms with van der Waals surface area (Å²) in [5.74, 6) is 1.07. The molecule has 1 saturated heterocycles. The first-order chi connectivity index (χ1) is 7.83. The van der Waals surface area contributed by atoms with Crippen LogP contribution in [0.2, 0.25) is 0 Å². The molecule has 2 heterocycles. The summed E-state index contributed by atoms with van der Waals surface area (Å²) in [7, 11) is 0. The van der Waals surface area contributed by atoms with Crippen molar-refractivity contribution in [2.75, 3.05) is 13.1 Å². The molecule has 0 amide bonds. The number of hydrogen-bond donors (Lipinski definition) is 1. The van der Waals surface area contributed by atoms with E-state index in [0.29, 0.717) is 12.1 Å². The van der Waals surface area contributed by atoms with Gasteiger partial charge in [0, 0.05) is 6.04 Å². The first-order valence-corrected chi connectivity index (χ1v) is 6.32. The van der Waals surface area contributed by atoms with Gasteiger partial charge in [0.25, 0.3) is 0 Å². The maximum Gasteiger partial charge on any atom is 0.120 e. The number of rotatable bonds is 4. The maximum atomic E-state index is 5.69. The number of furan rings is 1. The summed E-state index contributed by atoms with van der Waals surface area (Å²) in [5.41, 5.74) is 5.69. The van der Waals surface area contributed by atoms with Crippen LogP contribution in [0.15, 0.2) is 22.8 Å². The molecule has 3 nitrogen and oxygen atoms in total. The Morgan fingerprint density at radius 2 is 2.44 bits per heavy atom. The largest absolute Gasteiger partial charge is 0.468 e. The third-order valence-electron chi connectivity index (χ3n) is 3.62. The molecule has 16 heavy (non-hydrogen) atoms. The molecule has 0 aromatic carbocycles. The van der Waals surface area contributed by atoms with Crippen LogP contribution in [-0.4, -0.2) is 24.0 Å². The Labute approximate surface area is 97.6 Å². The molecule has 2 rings (SSSR count). The Kier molecular flexibility index (Phi) is 4.02. The molecule has 2 N–H and O–H groups in total. The van der Waals surface area contributed by atoms with Gasteiger partial charge in [-0.05, 0) is 51.4 Å². The van der Waals surface area contributed by atoms with Gasteiger partial charge in [0.05, 0.1) is 12.3 Å². The highest BCUT2D eigenvalue weighted by atomic mass is 16.3. The number of nitrogens with two attached hydrogens (primary N) is 1. The van der Waals surface area contributed by atoms with Crippen LogP contribution in [0, 0.1) is 0 Å². The molecule has 0 spiro atoms. The molecular formula is C13H22N2O. The molecule has 0 bridgehead atoms. The topological polar surface area (TPSA) is 42.4 Å². The SMILES string of the molecule is CC(c1ccco1)N1CCCCC1CCN. The number of piperidine rings is 1. The molecular weight excluding hydrogens is 200 g/mol. The van der Waals surface area contributed by atoms with Gasteiger partial charge >= 0.3 is 0 Å². The van der Waals surface area contributed by atoms with Crippen LogP contribution in [0.3, 0.4) is 0 Å². The summed E-state index contributed by atoms with van der Waals surface area (Å²) in [6, 6.07) is 5.05. The summed E-state index contributed by atoms with van der Waals surface area (Å²) in [5, 5.41) is 0. The number of nitrogens with zero attached hydrogens (tertiary/aromatic N) is 1. The van der Waals surface area contributed by atoms with E-state index in [0.717, 1.165) is 18.7 Å². The third kappa shape index (κ3) is 2.47. The number of hydrogen-bond acceptors (Lipinski definition) is 3. The van der Waals surface area contributed by atoms with E-state index in [2.05, 4.69) is 17.9 Å². The molecule has 1 aromatic heterocycles. The monoisotopic (exact) mass is 222 g/mol. The van der Waals surface area contributed by atoms with Crippen LogP contribution in [0.4, 0.5) is 0 Å². The van der Waals surface area contributed by atoms with E-state index < -0.39 is 0 Å². The summed E-state index contributed by atoms with van der Waals surface area (Å²) in [6.07, 6.45) is 6.78. The fourth-order valence-electron chi connectivity index (χ4n) is 2.73.